The normalized spacial score (nSPS) is 15.3. The van der Waals surface area contributed by atoms with E-state index in [9.17, 15) is 9.59 Å². The van der Waals surface area contributed by atoms with Gasteiger partial charge in [0.15, 0.2) is 5.78 Å². The maximum Gasteiger partial charge on any atom is 0.333 e. The molecule has 5 nitrogen and oxygen atoms in total. The summed E-state index contributed by atoms with van der Waals surface area (Å²) in [5.41, 5.74) is 3.30. The zero-order chi connectivity index (χ0) is 22.7. The highest BCUT2D eigenvalue weighted by atomic mass is 35.5. The lowest BCUT2D eigenvalue weighted by atomic mass is 9.90. The molecule has 4 rings (SSSR count). The number of carbonyl (C=O) groups is 1. The lowest BCUT2D eigenvalue weighted by molar-refractivity contribution is 0.0927. The number of aryl methyl sites for hydroxylation is 1. The van der Waals surface area contributed by atoms with Gasteiger partial charge in [-0.1, -0.05) is 42.4 Å². The number of allylic oxidation sites excluding steroid dienone is 1. The number of fused-ring (bicyclic) bond motifs is 1. The monoisotopic (exact) mass is 451 g/mol. The standard InChI is InChI=1S/C26H30ClN3O2/c1-19(2)30-24-10-4-3-9-23(24)29(26(30)32)14-6-13-28-15-11-20(12-16-28)17-25(31)21-7-5-8-22(27)18-21/h3-5,7-10,18,20H,1,6,11-17H2,2H3. The van der Waals surface area contributed by atoms with Gasteiger partial charge in [0.25, 0.3) is 0 Å². The van der Waals surface area contributed by atoms with E-state index < -0.39 is 0 Å². The summed E-state index contributed by atoms with van der Waals surface area (Å²) >= 11 is 6.02. The molecule has 0 amide bonds. The minimum Gasteiger partial charge on any atom is -0.303 e. The summed E-state index contributed by atoms with van der Waals surface area (Å²) in [5.74, 6) is 0.605. The minimum absolute atomic E-state index is 0.0167. The van der Waals surface area contributed by atoms with Crippen LogP contribution in [0.1, 0.15) is 43.0 Å². The van der Waals surface area contributed by atoms with Crippen molar-refractivity contribution in [2.75, 3.05) is 19.6 Å². The van der Waals surface area contributed by atoms with Crippen LogP contribution in [0.15, 0.2) is 59.9 Å². The van der Waals surface area contributed by atoms with Gasteiger partial charge in [0.2, 0.25) is 0 Å². The second-order valence-electron chi connectivity index (χ2n) is 8.77. The fourth-order valence-electron chi connectivity index (χ4n) is 4.70. The molecule has 1 saturated heterocycles. The summed E-state index contributed by atoms with van der Waals surface area (Å²) in [4.78, 5) is 27.9. The van der Waals surface area contributed by atoms with Crippen LogP contribution < -0.4 is 5.69 Å². The van der Waals surface area contributed by atoms with Crippen LogP contribution in [0.25, 0.3) is 16.7 Å². The van der Waals surface area contributed by atoms with Gasteiger partial charge in [-0.2, -0.15) is 0 Å². The number of likely N-dealkylation sites (tertiary alicyclic amines) is 1. The predicted molar refractivity (Wildman–Crippen MR) is 131 cm³/mol. The van der Waals surface area contributed by atoms with Crippen LogP contribution in [-0.2, 0) is 6.54 Å². The Bertz CT molecular complexity index is 1190. The molecule has 32 heavy (non-hydrogen) atoms. The summed E-state index contributed by atoms with van der Waals surface area (Å²) in [6.45, 7) is 9.46. The van der Waals surface area contributed by atoms with Crippen molar-refractivity contribution in [2.45, 2.75) is 39.2 Å². The molecule has 6 heteroatoms. The molecule has 2 aromatic carbocycles. The van der Waals surface area contributed by atoms with Crippen molar-refractivity contribution in [3.63, 3.8) is 0 Å². The SMILES string of the molecule is C=C(C)n1c(=O)n(CCCN2CCC(CC(=O)c3cccc(Cl)c3)CC2)c2ccccc21. The third-order valence-electron chi connectivity index (χ3n) is 6.40. The van der Waals surface area contributed by atoms with Crippen LogP contribution in [0.4, 0.5) is 0 Å². The van der Waals surface area contributed by atoms with Gasteiger partial charge in [-0.15, -0.1) is 0 Å². The van der Waals surface area contributed by atoms with E-state index in [1.165, 1.54) is 0 Å². The van der Waals surface area contributed by atoms with Gasteiger partial charge in [0.05, 0.1) is 11.0 Å². The summed E-state index contributed by atoms with van der Waals surface area (Å²) < 4.78 is 3.55. The van der Waals surface area contributed by atoms with Crippen molar-refractivity contribution in [2.24, 2.45) is 5.92 Å². The Labute approximate surface area is 193 Å². The fraction of sp³-hybridized carbons (Fsp3) is 0.385. The molecule has 0 N–H and O–H groups in total. The quantitative estimate of drug-likeness (QED) is 0.435. The first kappa shape index (κ1) is 22.6. The first-order valence-electron chi connectivity index (χ1n) is 11.3. The number of hydrogen-bond acceptors (Lipinski definition) is 3. The van der Waals surface area contributed by atoms with Crippen molar-refractivity contribution < 1.29 is 4.79 Å². The third-order valence-corrected chi connectivity index (χ3v) is 6.64. The summed E-state index contributed by atoms with van der Waals surface area (Å²) in [6, 6.07) is 15.1. The van der Waals surface area contributed by atoms with Crippen LogP contribution in [0, 0.1) is 5.92 Å². The zero-order valence-corrected chi connectivity index (χ0v) is 19.4. The van der Waals surface area contributed by atoms with Gasteiger partial charge in [0, 0.05) is 29.2 Å². The first-order chi connectivity index (χ1) is 15.4. The Morgan fingerprint density at radius 1 is 1.06 bits per heavy atom. The van der Waals surface area contributed by atoms with E-state index in [1.807, 2.05) is 47.9 Å². The molecule has 0 radical (unpaired) electrons. The highest BCUT2D eigenvalue weighted by Crippen LogP contribution is 2.24. The maximum absolute atomic E-state index is 12.9. The molecule has 0 unspecified atom stereocenters. The molecule has 1 aliphatic heterocycles. The largest absolute Gasteiger partial charge is 0.333 e. The predicted octanol–water partition coefficient (Wildman–Crippen LogP) is 5.32. The van der Waals surface area contributed by atoms with Gasteiger partial charge in [-0.3, -0.25) is 13.9 Å². The van der Waals surface area contributed by atoms with Gasteiger partial charge >= 0.3 is 5.69 Å². The van der Waals surface area contributed by atoms with Gasteiger partial charge in [0.1, 0.15) is 0 Å². The van der Waals surface area contributed by atoms with Crippen molar-refractivity contribution in [3.05, 3.63) is 76.2 Å². The molecular formula is C26H30ClN3O2. The van der Waals surface area contributed by atoms with Crippen LogP contribution in [0.2, 0.25) is 5.02 Å². The number of imidazole rings is 1. The number of nitrogens with zero attached hydrogens (tertiary/aromatic N) is 3. The van der Waals surface area contributed by atoms with Gasteiger partial charge < -0.3 is 4.90 Å². The van der Waals surface area contributed by atoms with Crippen LogP contribution in [0.5, 0.6) is 0 Å². The van der Waals surface area contributed by atoms with E-state index in [2.05, 4.69) is 11.5 Å². The van der Waals surface area contributed by atoms with E-state index in [0.717, 1.165) is 55.6 Å². The Morgan fingerprint density at radius 2 is 1.78 bits per heavy atom. The second kappa shape index (κ2) is 9.88. The number of Topliss-reactive ketones (excluding diaryl/α,β-unsaturated/α-hetero) is 1. The number of halogens is 1. The number of para-hydroxylation sites is 2. The Hall–Kier alpha value is -2.63. The highest BCUT2D eigenvalue weighted by molar-refractivity contribution is 6.31. The summed E-state index contributed by atoms with van der Waals surface area (Å²) in [5, 5.41) is 0.608. The van der Waals surface area contributed by atoms with E-state index in [-0.39, 0.29) is 11.5 Å². The van der Waals surface area contributed by atoms with E-state index in [0.29, 0.717) is 29.5 Å². The van der Waals surface area contributed by atoms with E-state index in [4.69, 9.17) is 11.6 Å². The lowest BCUT2D eigenvalue weighted by Crippen LogP contribution is -2.35. The zero-order valence-electron chi connectivity index (χ0n) is 18.6. The van der Waals surface area contributed by atoms with Crippen molar-refractivity contribution in [1.82, 2.24) is 14.0 Å². The molecule has 1 aliphatic rings. The van der Waals surface area contributed by atoms with E-state index in [1.54, 1.807) is 16.7 Å². The first-order valence-corrected chi connectivity index (χ1v) is 11.7. The smallest absolute Gasteiger partial charge is 0.303 e. The average Bonchev–Trinajstić information content (AvgIpc) is 3.06. The molecule has 0 atom stereocenters. The number of rotatable bonds is 8. The Kier molecular flexibility index (Phi) is 6.97. The molecule has 1 fully saturated rings. The molecule has 2 heterocycles. The molecule has 3 aromatic rings. The van der Waals surface area contributed by atoms with Crippen molar-refractivity contribution in [3.8, 4) is 0 Å². The number of aromatic nitrogens is 2. The average molecular weight is 452 g/mol. The summed E-state index contributed by atoms with van der Waals surface area (Å²) in [6.07, 6.45) is 3.56. The second-order valence-corrected chi connectivity index (χ2v) is 9.21. The fourth-order valence-corrected chi connectivity index (χ4v) is 4.89. The lowest BCUT2D eigenvalue weighted by Gasteiger charge is -2.31. The number of hydrogen-bond donors (Lipinski definition) is 0. The number of carbonyl (C=O) groups excluding carboxylic acids is 1. The van der Waals surface area contributed by atoms with Crippen molar-refractivity contribution >= 4 is 34.1 Å². The maximum atomic E-state index is 12.9. The third kappa shape index (κ3) is 4.89. The van der Waals surface area contributed by atoms with Crippen LogP contribution in [0.3, 0.4) is 0 Å². The van der Waals surface area contributed by atoms with Crippen LogP contribution in [-0.4, -0.2) is 39.5 Å². The molecule has 0 spiro atoms. The highest BCUT2D eigenvalue weighted by Gasteiger charge is 2.22. The topological polar surface area (TPSA) is 47.2 Å². The minimum atomic E-state index is -0.0167. The van der Waals surface area contributed by atoms with Gasteiger partial charge in [-0.25, -0.2) is 4.79 Å². The molecule has 0 saturated carbocycles. The molecular weight excluding hydrogens is 422 g/mol. The molecule has 1 aromatic heterocycles. The summed E-state index contributed by atoms with van der Waals surface area (Å²) in [7, 11) is 0. The van der Waals surface area contributed by atoms with Crippen molar-refractivity contribution in [1.29, 1.82) is 0 Å². The number of piperidine rings is 1. The molecule has 168 valence electrons. The number of benzene rings is 2. The molecule has 0 bridgehead atoms. The Morgan fingerprint density at radius 3 is 2.47 bits per heavy atom. The van der Waals surface area contributed by atoms with E-state index >= 15 is 0 Å². The Balaban J connectivity index is 1.29. The van der Waals surface area contributed by atoms with Gasteiger partial charge in [-0.05, 0) is 76.0 Å². The molecule has 0 aliphatic carbocycles. The number of ketones is 1. The van der Waals surface area contributed by atoms with Crippen LogP contribution >= 0.6 is 11.6 Å².